The van der Waals surface area contributed by atoms with Gasteiger partial charge < -0.3 is 20.5 Å². The van der Waals surface area contributed by atoms with Gasteiger partial charge in [-0.25, -0.2) is 0 Å². The van der Waals surface area contributed by atoms with Crippen LogP contribution in [0.1, 0.15) is 39.0 Å². The highest BCUT2D eigenvalue weighted by atomic mass is 16.5. The molecule has 2 fully saturated rings. The van der Waals surface area contributed by atoms with E-state index < -0.39 is 5.54 Å². The Hall–Kier alpha value is -0.650. The molecule has 2 atom stereocenters. The molecule has 1 aliphatic carbocycles. The number of hydrogen-bond donors (Lipinski definition) is 2. The molecule has 0 radical (unpaired) electrons. The van der Waals surface area contributed by atoms with Crippen molar-refractivity contribution in [3.8, 4) is 0 Å². The van der Waals surface area contributed by atoms with Crippen molar-refractivity contribution < 1.29 is 14.6 Å². The number of nitrogens with zero attached hydrogens (tertiary/aromatic N) is 1. The summed E-state index contributed by atoms with van der Waals surface area (Å²) in [6.07, 6.45) is 4.49. The molecule has 2 aliphatic rings. The van der Waals surface area contributed by atoms with E-state index in [9.17, 15) is 9.90 Å². The number of amides is 1. The Balaban J connectivity index is 2.03. The first kappa shape index (κ1) is 13.8. The summed E-state index contributed by atoms with van der Waals surface area (Å²) < 4.78 is 5.55. The van der Waals surface area contributed by atoms with E-state index in [0.717, 1.165) is 25.7 Å². The Kier molecular flexibility index (Phi) is 4.25. The van der Waals surface area contributed by atoms with Gasteiger partial charge in [0.1, 0.15) is 0 Å². The fraction of sp³-hybridized carbons (Fsp3) is 0.923. The fourth-order valence-corrected chi connectivity index (χ4v) is 3.02. The van der Waals surface area contributed by atoms with Crippen LogP contribution in [0.2, 0.25) is 0 Å². The lowest BCUT2D eigenvalue weighted by molar-refractivity contribution is -0.153. The zero-order valence-electron chi connectivity index (χ0n) is 11.1. The molecule has 0 spiro atoms. The zero-order chi connectivity index (χ0) is 13.2. The molecule has 2 unspecified atom stereocenters. The van der Waals surface area contributed by atoms with E-state index in [1.807, 2.05) is 6.92 Å². The summed E-state index contributed by atoms with van der Waals surface area (Å²) in [5.74, 6) is 0.0378. The van der Waals surface area contributed by atoms with Crippen LogP contribution in [0, 0.1) is 0 Å². The molecule has 5 nitrogen and oxygen atoms in total. The van der Waals surface area contributed by atoms with Crippen LogP contribution >= 0.6 is 0 Å². The third-order valence-electron chi connectivity index (χ3n) is 3.99. The second-order valence-corrected chi connectivity index (χ2v) is 5.68. The standard InChI is InChI=1S/C13H24N2O3/c1-10-7-15(8-11(9-16)18-10)12(17)13(14)5-3-2-4-6-13/h10-11,16H,2-9,14H2,1H3. The van der Waals surface area contributed by atoms with Crippen LogP contribution in [0.15, 0.2) is 0 Å². The van der Waals surface area contributed by atoms with Crippen LogP contribution in [-0.4, -0.2) is 53.4 Å². The molecule has 0 aromatic carbocycles. The van der Waals surface area contributed by atoms with Crippen molar-refractivity contribution in [1.29, 1.82) is 0 Å². The van der Waals surface area contributed by atoms with Gasteiger partial charge in [-0.2, -0.15) is 0 Å². The third kappa shape index (κ3) is 2.84. The number of carbonyl (C=O) groups is 1. The van der Waals surface area contributed by atoms with Gasteiger partial charge in [0.25, 0.3) is 0 Å². The number of carbonyl (C=O) groups excluding carboxylic acids is 1. The number of rotatable bonds is 2. The molecule has 3 N–H and O–H groups in total. The first-order valence-corrected chi connectivity index (χ1v) is 6.90. The van der Waals surface area contributed by atoms with Crippen LogP contribution < -0.4 is 5.73 Å². The molecule has 104 valence electrons. The first-order valence-electron chi connectivity index (χ1n) is 6.90. The Labute approximate surface area is 108 Å². The topological polar surface area (TPSA) is 75.8 Å². The lowest BCUT2D eigenvalue weighted by Gasteiger charge is -2.42. The highest BCUT2D eigenvalue weighted by Crippen LogP contribution is 2.28. The van der Waals surface area contributed by atoms with E-state index in [0.29, 0.717) is 13.1 Å². The van der Waals surface area contributed by atoms with Crippen molar-refractivity contribution in [3.63, 3.8) is 0 Å². The monoisotopic (exact) mass is 256 g/mol. The van der Waals surface area contributed by atoms with Crippen LogP contribution in [0.4, 0.5) is 0 Å². The van der Waals surface area contributed by atoms with Gasteiger partial charge in [0.05, 0.1) is 24.4 Å². The smallest absolute Gasteiger partial charge is 0.242 e. The van der Waals surface area contributed by atoms with Crippen LogP contribution in [0.5, 0.6) is 0 Å². The number of morpholine rings is 1. The highest BCUT2D eigenvalue weighted by Gasteiger charge is 2.40. The number of nitrogens with two attached hydrogens (primary N) is 1. The molecule has 18 heavy (non-hydrogen) atoms. The van der Waals surface area contributed by atoms with Gasteiger partial charge in [0.2, 0.25) is 5.91 Å². The van der Waals surface area contributed by atoms with Crippen molar-refractivity contribution in [3.05, 3.63) is 0 Å². The van der Waals surface area contributed by atoms with E-state index in [2.05, 4.69) is 0 Å². The fourth-order valence-electron chi connectivity index (χ4n) is 3.02. The maximum Gasteiger partial charge on any atom is 0.242 e. The third-order valence-corrected chi connectivity index (χ3v) is 3.99. The van der Waals surface area contributed by atoms with Crippen molar-refractivity contribution in [2.24, 2.45) is 5.73 Å². The molecular weight excluding hydrogens is 232 g/mol. The highest BCUT2D eigenvalue weighted by molar-refractivity contribution is 5.86. The van der Waals surface area contributed by atoms with Crippen molar-refractivity contribution in [1.82, 2.24) is 4.90 Å². The minimum atomic E-state index is -0.685. The molecule has 5 heteroatoms. The normalized spacial score (nSPS) is 32.3. The molecule has 1 heterocycles. The molecule has 0 bridgehead atoms. The van der Waals surface area contributed by atoms with Gasteiger partial charge in [0.15, 0.2) is 0 Å². The maximum atomic E-state index is 12.5. The predicted octanol–water partition coefficient (Wildman–Crippen LogP) is 0.256. The summed E-state index contributed by atoms with van der Waals surface area (Å²) in [5, 5.41) is 9.19. The number of aliphatic hydroxyl groups excluding tert-OH is 1. The van der Waals surface area contributed by atoms with Crippen molar-refractivity contribution in [2.75, 3.05) is 19.7 Å². The Morgan fingerprint density at radius 2 is 2.06 bits per heavy atom. The van der Waals surface area contributed by atoms with Gasteiger partial charge in [-0.15, -0.1) is 0 Å². The van der Waals surface area contributed by atoms with Crippen molar-refractivity contribution in [2.45, 2.75) is 56.8 Å². The lowest BCUT2D eigenvalue weighted by Crippen LogP contribution is -2.61. The summed E-state index contributed by atoms with van der Waals surface area (Å²) in [6, 6.07) is 0. The molecule has 1 amide bonds. The van der Waals surface area contributed by atoms with Gasteiger partial charge in [-0.1, -0.05) is 19.3 Å². The Bertz CT molecular complexity index is 303. The number of hydrogen-bond acceptors (Lipinski definition) is 4. The minimum absolute atomic E-state index is 0.0351. The molecular formula is C13H24N2O3. The summed E-state index contributed by atoms with van der Waals surface area (Å²) in [4.78, 5) is 14.3. The first-order chi connectivity index (χ1) is 8.55. The van der Waals surface area contributed by atoms with E-state index in [1.54, 1.807) is 4.90 Å². The van der Waals surface area contributed by atoms with Gasteiger partial charge in [0, 0.05) is 13.1 Å². The molecule has 0 aromatic heterocycles. The summed E-state index contributed by atoms with van der Waals surface area (Å²) >= 11 is 0. The lowest BCUT2D eigenvalue weighted by atomic mass is 9.81. The Morgan fingerprint density at radius 1 is 1.39 bits per heavy atom. The van der Waals surface area contributed by atoms with Gasteiger partial charge in [-0.05, 0) is 19.8 Å². The molecule has 1 saturated carbocycles. The summed E-state index contributed by atoms with van der Waals surface area (Å²) in [6.45, 7) is 2.91. The van der Waals surface area contributed by atoms with E-state index in [4.69, 9.17) is 10.5 Å². The Morgan fingerprint density at radius 3 is 2.67 bits per heavy atom. The largest absolute Gasteiger partial charge is 0.394 e. The van der Waals surface area contributed by atoms with Crippen LogP contribution in [0.25, 0.3) is 0 Å². The van der Waals surface area contributed by atoms with E-state index >= 15 is 0 Å². The van der Waals surface area contributed by atoms with Crippen LogP contribution in [0.3, 0.4) is 0 Å². The van der Waals surface area contributed by atoms with E-state index in [-0.39, 0.29) is 24.7 Å². The molecule has 0 aromatic rings. The molecule has 2 rings (SSSR count). The van der Waals surface area contributed by atoms with Gasteiger partial charge >= 0.3 is 0 Å². The zero-order valence-corrected chi connectivity index (χ0v) is 11.1. The number of aliphatic hydroxyl groups is 1. The maximum absolute atomic E-state index is 12.5. The average molecular weight is 256 g/mol. The van der Waals surface area contributed by atoms with E-state index in [1.165, 1.54) is 6.42 Å². The quantitative estimate of drug-likeness (QED) is 0.743. The predicted molar refractivity (Wildman–Crippen MR) is 68.0 cm³/mol. The summed E-state index contributed by atoms with van der Waals surface area (Å²) in [7, 11) is 0. The van der Waals surface area contributed by atoms with Gasteiger partial charge in [-0.3, -0.25) is 4.79 Å². The molecule has 1 aliphatic heterocycles. The second-order valence-electron chi connectivity index (χ2n) is 5.68. The summed E-state index contributed by atoms with van der Waals surface area (Å²) in [5.41, 5.74) is 5.59. The SMILES string of the molecule is CC1CN(C(=O)C2(N)CCCCC2)CC(CO)O1. The minimum Gasteiger partial charge on any atom is -0.394 e. The van der Waals surface area contributed by atoms with Crippen molar-refractivity contribution >= 4 is 5.91 Å². The van der Waals surface area contributed by atoms with Crippen LogP contribution in [-0.2, 0) is 9.53 Å². The molecule has 1 saturated heterocycles. The number of ether oxygens (including phenoxy) is 1. The second kappa shape index (κ2) is 5.55. The average Bonchev–Trinajstić information content (AvgIpc) is 2.38.